The zero-order valence-corrected chi connectivity index (χ0v) is 19.9. The Bertz CT molecular complexity index is 1470. The molecular weight excluding hydrogens is 476 g/mol. The number of fused-ring (bicyclic) bond motifs is 2. The number of benzene rings is 4. The van der Waals surface area contributed by atoms with Crippen molar-refractivity contribution in [2.75, 3.05) is 0 Å². The van der Waals surface area contributed by atoms with Crippen molar-refractivity contribution < 1.29 is 28.2 Å². The Labute approximate surface area is 212 Å². The van der Waals surface area contributed by atoms with Crippen LogP contribution in [0.15, 0.2) is 84.9 Å². The number of nitrogens with one attached hydrogen (secondary N) is 1. The summed E-state index contributed by atoms with van der Waals surface area (Å²) in [7, 11) is 0. The molecule has 0 bridgehead atoms. The number of carbonyl (C=O) groups excluding carboxylic acids is 1. The number of hydrogen-bond donors (Lipinski definition) is 2. The predicted molar refractivity (Wildman–Crippen MR) is 136 cm³/mol. The van der Waals surface area contributed by atoms with Gasteiger partial charge in [-0.3, -0.25) is 4.79 Å². The van der Waals surface area contributed by atoms with Crippen LogP contribution < -0.4 is 10.1 Å². The summed E-state index contributed by atoms with van der Waals surface area (Å²) in [5.74, 6) is -4.25. The van der Waals surface area contributed by atoms with Crippen LogP contribution in [0.1, 0.15) is 32.6 Å². The van der Waals surface area contributed by atoms with Gasteiger partial charge in [-0.1, -0.05) is 78.9 Å². The van der Waals surface area contributed by atoms with Gasteiger partial charge in [0.2, 0.25) is 0 Å². The quantitative estimate of drug-likeness (QED) is 0.331. The number of carboxylic acid groups (broad SMARTS) is 1. The van der Waals surface area contributed by atoms with Crippen LogP contribution in [0.2, 0.25) is 0 Å². The van der Waals surface area contributed by atoms with Crippen LogP contribution in [0.5, 0.6) is 5.75 Å². The van der Waals surface area contributed by atoms with Gasteiger partial charge < -0.3 is 15.2 Å². The van der Waals surface area contributed by atoms with E-state index < -0.39 is 23.8 Å². The lowest BCUT2D eigenvalue weighted by molar-refractivity contribution is -0.139. The van der Waals surface area contributed by atoms with Crippen molar-refractivity contribution in [3.8, 4) is 5.75 Å². The molecule has 2 N–H and O–H groups in total. The summed E-state index contributed by atoms with van der Waals surface area (Å²) in [4.78, 5) is 25.3. The Hall–Kier alpha value is -4.26. The summed E-state index contributed by atoms with van der Waals surface area (Å²) >= 11 is 0. The zero-order chi connectivity index (χ0) is 26.0. The molecule has 1 atom stereocenters. The Morgan fingerprint density at radius 1 is 0.919 bits per heavy atom. The first-order valence-electron chi connectivity index (χ1n) is 12.0. The molecule has 1 amide bonds. The molecule has 1 aliphatic carbocycles. The number of halogens is 2. The third-order valence-corrected chi connectivity index (χ3v) is 6.64. The molecule has 7 heteroatoms. The Morgan fingerprint density at radius 3 is 2.46 bits per heavy atom. The van der Waals surface area contributed by atoms with Crippen LogP contribution in [0.4, 0.5) is 8.78 Å². The smallest absolute Gasteiger partial charge is 0.326 e. The lowest BCUT2D eigenvalue weighted by Gasteiger charge is -2.18. The molecule has 5 rings (SSSR count). The van der Waals surface area contributed by atoms with Crippen LogP contribution in [0.3, 0.4) is 0 Å². The van der Waals surface area contributed by atoms with Crippen molar-refractivity contribution in [1.29, 1.82) is 0 Å². The Morgan fingerprint density at radius 2 is 1.68 bits per heavy atom. The topological polar surface area (TPSA) is 75.6 Å². The van der Waals surface area contributed by atoms with E-state index in [4.69, 9.17) is 4.74 Å². The van der Waals surface area contributed by atoms with Gasteiger partial charge in [0, 0.05) is 24.6 Å². The van der Waals surface area contributed by atoms with Crippen molar-refractivity contribution in [1.82, 2.24) is 5.32 Å². The van der Waals surface area contributed by atoms with E-state index in [0.717, 1.165) is 10.9 Å². The van der Waals surface area contributed by atoms with E-state index in [-0.39, 0.29) is 37.2 Å². The fourth-order valence-corrected chi connectivity index (χ4v) is 4.83. The van der Waals surface area contributed by atoms with Crippen molar-refractivity contribution in [2.45, 2.75) is 37.8 Å². The number of amides is 1. The summed E-state index contributed by atoms with van der Waals surface area (Å²) < 4.78 is 34.3. The SMILES string of the molecule is O=C(N[C@@H](Cc1ccccc1)C(=O)O)c1ccc2ccccc2c1OCc1cccc2c1CC(F)(F)C2. The van der Waals surface area contributed by atoms with Crippen molar-refractivity contribution in [3.63, 3.8) is 0 Å². The fourth-order valence-electron chi connectivity index (χ4n) is 4.83. The zero-order valence-electron chi connectivity index (χ0n) is 19.9. The first-order chi connectivity index (χ1) is 17.8. The largest absolute Gasteiger partial charge is 0.487 e. The highest BCUT2D eigenvalue weighted by Crippen LogP contribution is 2.37. The second kappa shape index (κ2) is 10.0. The summed E-state index contributed by atoms with van der Waals surface area (Å²) in [6.07, 6.45) is -0.517. The van der Waals surface area contributed by atoms with Crippen molar-refractivity contribution in [3.05, 3.63) is 113 Å². The highest BCUT2D eigenvalue weighted by atomic mass is 19.3. The highest BCUT2D eigenvalue weighted by molar-refractivity contribution is 6.04. The number of carbonyl (C=O) groups is 2. The fraction of sp³-hybridized carbons (Fsp3) is 0.200. The average Bonchev–Trinajstić information content (AvgIpc) is 3.21. The van der Waals surface area contributed by atoms with Crippen LogP contribution in [-0.4, -0.2) is 28.9 Å². The van der Waals surface area contributed by atoms with E-state index in [9.17, 15) is 23.5 Å². The molecule has 5 nitrogen and oxygen atoms in total. The molecule has 1 aliphatic rings. The lowest BCUT2D eigenvalue weighted by Crippen LogP contribution is -2.42. The van der Waals surface area contributed by atoms with Gasteiger partial charge in [-0.05, 0) is 33.7 Å². The van der Waals surface area contributed by atoms with E-state index in [0.29, 0.717) is 22.1 Å². The van der Waals surface area contributed by atoms with Gasteiger partial charge in [-0.15, -0.1) is 0 Å². The molecule has 4 aromatic rings. The maximum atomic E-state index is 14.1. The van der Waals surface area contributed by atoms with Gasteiger partial charge in [0.15, 0.2) is 0 Å². The minimum Gasteiger partial charge on any atom is -0.487 e. The molecule has 0 spiro atoms. The van der Waals surface area contributed by atoms with Gasteiger partial charge in [0.05, 0.1) is 5.56 Å². The third kappa shape index (κ3) is 5.31. The summed E-state index contributed by atoms with van der Waals surface area (Å²) in [5.41, 5.74) is 2.78. The van der Waals surface area contributed by atoms with Crippen molar-refractivity contribution >= 4 is 22.6 Å². The maximum absolute atomic E-state index is 14.1. The van der Waals surface area contributed by atoms with E-state index in [1.165, 1.54) is 0 Å². The molecule has 4 aromatic carbocycles. The maximum Gasteiger partial charge on any atom is 0.326 e. The minimum atomic E-state index is -2.78. The molecule has 0 radical (unpaired) electrons. The van der Waals surface area contributed by atoms with Gasteiger partial charge in [0.25, 0.3) is 11.8 Å². The van der Waals surface area contributed by atoms with E-state index in [1.54, 1.807) is 42.5 Å². The number of rotatable bonds is 8. The van der Waals surface area contributed by atoms with Crippen LogP contribution >= 0.6 is 0 Å². The molecule has 188 valence electrons. The average molecular weight is 502 g/mol. The second-order valence-corrected chi connectivity index (χ2v) is 9.27. The number of carboxylic acids is 1. The Balaban J connectivity index is 1.44. The third-order valence-electron chi connectivity index (χ3n) is 6.64. The van der Waals surface area contributed by atoms with Gasteiger partial charge in [0.1, 0.15) is 18.4 Å². The minimum absolute atomic E-state index is 0.0000839. The normalized spacial score (nSPS) is 14.6. The summed E-state index contributed by atoms with van der Waals surface area (Å²) in [6.45, 7) is -0.0000839. The summed E-state index contributed by atoms with van der Waals surface area (Å²) in [6, 6.07) is 23.8. The lowest BCUT2D eigenvalue weighted by atomic mass is 10.0. The van der Waals surface area contributed by atoms with E-state index in [1.807, 2.05) is 42.5 Å². The van der Waals surface area contributed by atoms with Gasteiger partial charge in [-0.2, -0.15) is 0 Å². The second-order valence-electron chi connectivity index (χ2n) is 9.27. The molecule has 0 fully saturated rings. The van der Waals surface area contributed by atoms with E-state index in [2.05, 4.69) is 5.32 Å². The molecule has 0 saturated heterocycles. The van der Waals surface area contributed by atoms with Crippen LogP contribution in [-0.2, 0) is 30.7 Å². The molecule has 0 aliphatic heterocycles. The van der Waals surface area contributed by atoms with Gasteiger partial charge >= 0.3 is 5.97 Å². The highest BCUT2D eigenvalue weighted by Gasteiger charge is 2.38. The number of ether oxygens (including phenoxy) is 1. The Kier molecular flexibility index (Phi) is 6.61. The van der Waals surface area contributed by atoms with Gasteiger partial charge in [-0.25, -0.2) is 13.6 Å². The first kappa shape index (κ1) is 24.4. The number of aliphatic carboxylic acids is 1. The molecule has 0 heterocycles. The summed E-state index contributed by atoms with van der Waals surface area (Å²) in [5, 5.41) is 13.9. The molecule has 0 unspecified atom stereocenters. The monoisotopic (exact) mass is 501 g/mol. The van der Waals surface area contributed by atoms with E-state index >= 15 is 0 Å². The first-order valence-corrected chi connectivity index (χ1v) is 12.0. The standard InChI is InChI=1S/C30H25F2NO4/c31-30(32)16-21-10-6-11-22(25(21)17-30)18-37-27-23-12-5-4-9-20(23)13-14-24(27)28(34)33-26(29(35)36)15-19-7-2-1-3-8-19/h1-14,26H,15-18H2,(H,33,34)(H,35,36)/t26-/m0/s1. The predicted octanol–water partition coefficient (Wildman–Crippen LogP) is 5.58. The molecule has 0 saturated carbocycles. The molecular formula is C30H25F2NO4. The van der Waals surface area contributed by atoms with Crippen LogP contribution in [0, 0.1) is 0 Å². The number of alkyl halides is 2. The van der Waals surface area contributed by atoms with Crippen molar-refractivity contribution in [2.24, 2.45) is 0 Å². The molecule has 37 heavy (non-hydrogen) atoms. The molecule has 0 aromatic heterocycles. The number of hydrogen-bond acceptors (Lipinski definition) is 3. The van der Waals surface area contributed by atoms with Crippen LogP contribution in [0.25, 0.3) is 10.8 Å².